The average Bonchev–Trinajstić information content (AvgIpc) is 3.19. The lowest BCUT2D eigenvalue weighted by atomic mass is 10.1. The minimum absolute atomic E-state index is 0.374. The third kappa shape index (κ3) is 3.96. The van der Waals surface area contributed by atoms with Crippen LogP contribution in [0.2, 0.25) is 0 Å². The van der Waals surface area contributed by atoms with E-state index in [1.807, 2.05) is 0 Å². The molecule has 0 aliphatic carbocycles. The van der Waals surface area contributed by atoms with E-state index in [-0.39, 0.29) is 6.61 Å². The second-order valence-corrected chi connectivity index (χ2v) is 6.62. The molecule has 0 spiro atoms. The molecule has 1 aliphatic heterocycles. The Labute approximate surface area is 152 Å². The van der Waals surface area contributed by atoms with Gasteiger partial charge in [-0.05, 0) is 6.42 Å². The fourth-order valence-corrected chi connectivity index (χ4v) is 3.14. The van der Waals surface area contributed by atoms with Gasteiger partial charge in [0.1, 0.15) is 23.8 Å². The first-order valence-electron chi connectivity index (χ1n) is 9.21. The number of unbranched alkanes of at least 4 members (excludes halogenated alkanes) is 4. The number of ether oxygens (including phenoxy) is 1. The summed E-state index contributed by atoms with van der Waals surface area (Å²) >= 11 is 0. The summed E-state index contributed by atoms with van der Waals surface area (Å²) in [5, 5.41) is 32.6. The summed E-state index contributed by atoms with van der Waals surface area (Å²) in [6.07, 6.45) is 5.01. The van der Waals surface area contributed by atoms with E-state index in [1.165, 1.54) is 32.0 Å². The summed E-state index contributed by atoms with van der Waals surface area (Å²) in [5.41, 5.74) is 1.07. The van der Waals surface area contributed by atoms with Gasteiger partial charge < -0.3 is 25.4 Å². The van der Waals surface area contributed by atoms with E-state index < -0.39 is 24.5 Å². The van der Waals surface area contributed by atoms with Gasteiger partial charge in [0, 0.05) is 6.54 Å². The maximum Gasteiger partial charge on any atom is 0.224 e. The van der Waals surface area contributed by atoms with Gasteiger partial charge in [0.2, 0.25) is 5.95 Å². The van der Waals surface area contributed by atoms with Gasteiger partial charge in [-0.25, -0.2) is 9.97 Å². The van der Waals surface area contributed by atoms with Crippen molar-refractivity contribution in [3.8, 4) is 0 Å². The summed E-state index contributed by atoms with van der Waals surface area (Å²) in [5.74, 6) is 0.487. The molecule has 0 saturated carbocycles. The molecule has 0 unspecified atom stereocenters. The fourth-order valence-electron chi connectivity index (χ4n) is 3.14. The first kappa shape index (κ1) is 19.0. The van der Waals surface area contributed by atoms with Crippen molar-refractivity contribution < 1.29 is 20.1 Å². The molecule has 26 heavy (non-hydrogen) atoms. The zero-order chi connectivity index (χ0) is 18.5. The Morgan fingerprint density at radius 2 is 1.96 bits per heavy atom. The van der Waals surface area contributed by atoms with Crippen LogP contribution in [0.3, 0.4) is 0 Å². The molecule has 0 amide bonds. The Kier molecular flexibility index (Phi) is 6.36. The van der Waals surface area contributed by atoms with Crippen molar-refractivity contribution in [3.05, 3.63) is 12.5 Å². The van der Waals surface area contributed by atoms with Crippen LogP contribution in [0.4, 0.5) is 5.95 Å². The lowest BCUT2D eigenvalue weighted by molar-refractivity contribution is -0.0511. The molecule has 0 bridgehead atoms. The van der Waals surface area contributed by atoms with Crippen molar-refractivity contribution in [2.45, 2.75) is 63.6 Å². The van der Waals surface area contributed by atoms with E-state index in [1.54, 1.807) is 10.8 Å². The predicted octanol–water partition coefficient (Wildman–Crippen LogP) is 0.820. The van der Waals surface area contributed by atoms with Gasteiger partial charge in [0.05, 0.1) is 19.1 Å². The number of aliphatic hydroxyl groups excluding tert-OH is 3. The highest BCUT2D eigenvalue weighted by Gasteiger charge is 2.43. The maximum absolute atomic E-state index is 10.2. The number of nitrogens with one attached hydrogen (secondary N) is 1. The van der Waals surface area contributed by atoms with Gasteiger partial charge in [0.25, 0.3) is 0 Å². The van der Waals surface area contributed by atoms with Crippen molar-refractivity contribution in [3.63, 3.8) is 0 Å². The van der Waals surface area contributed by atoms with Crippen LogP contribution < -0.4 is 5.32 Å². The Morgan fingerprint density at radius 1 is 1.15 bits per heavy atom. The molecule has 3 heterocycles. The molecule has 4 N–H and O–H groups in total. The van der Waals surface area contributed by atoms with E-state index in [0.29, 0.717) is 17.1 Å². The monoisotopic (exact) mass is 365 g/mol. The van der Waals surface area contributed by atoms with Gasteiger partial charge in [-0.1, -0.05) is 32.6 Å². The summed E-state index contributed by atoms with van der Waals surface area (Å²) in [7, 11) is 0. The van der Waals surface area contributed by atoms with Gasteiger partial charge in [-0.3, -0.25) is 4.57 Å². The lowest BCUT2D eigenvalue weighted by Gasteiger charge is -2.16. The molecule has 0 radical (unpaired) electrons. The van der Waals surface area contributed by atoms with Crippen LogP contribution in [0.1, 0.15) is 45.3 Å². The number of hydrogen-bond donors (Lipinski definition) is 4. The molecule has 3 rings (SSSR count). The molecule has 2 aromatic rings. The molecule has 144 valence electrons. The van der Waals surface area contributed by atoms with Crippen LogP contribution >= 0.6 is 0 Å². The van der Waals surface area contributed by atoms with Gasteiger partial charge >= 0.3 is 0 Å². The number of anilines is 1. The Morgan fingerprint density at radius 3 is 2.69 bits per heavy atom. The molecule has 0 aromatic carbocycles. The minimum Gasteiger partial charge on any atom is -0.394 e. The van der Waals surface area contributed by atoms with Gasteiger partial charge in [-0.2, -0.15) is 4.98 Å². The summed E-state index contributed by atoms with van der Waals surface area (Å²) in [6.45, 7) is 2.61. The number of fused-ring (bicyclic) bond motifs is 1. The molecule has 9 nitrogen and oxygen atoms in total. The Hall–Kier alpha value is -1.81. The highest BCUT2D eigenvalue weighted by molar-refractivity contribution is 5.71. The standard InChI is InChI=1S/C17H27N5O4/c1-2-3-4-5-6-7-18-17-19-8-11-15(21-17)22(10-20-11)16-14(25)13(24)12(9-23)26-16/h8,10,12-14,16,23-25H,2-7,9H2,1H3,(H,18,19,21)/t12-,13-,14-,16-/m1/s1. The molecule has 4 atom stereocenters. The third-order valence-corrected chi connectivity index (χ3v) is 4.67. The van der Waals surface area contributed by atoms with Crippen molar-refractivity contribution in [2.75, 3.05) is 18.5 Å². The molecule has 1 aliphatic rings. The number of nitrogens with zero attached hydrogens (tertiary/aromatic N) is 4. The summed E-state index contributed by atoms with van der Waals surface area (Å²) in [4.78, 5) is 12.9. The first-order valence-corrected chi connectivity index (χ1v) is 9.21. The smallest absolute Gasteiger partial charge is 0.224 e. The SMILES string of the molecule is CCCCCCCNc1ncc2ncn([C@@H]3O[C@H](CO)[C@@H](O)[C@H]3O)c2n1. The number of imidazole rings is 1. The van der Waals surface area contributed by atoms with Crippen LogP contribution in [-0.4, -0.2) is 66.3 Å². The van der Waals surface area contributed by atoms with Gasteiger partial charge in [-0.15, -0.1) is 0 Å². The first-order chi connectivity index (χ1) is 12.7. The topological polar surface area (TPSA) is 126 Å². The largest absolute Gasteiger partial charge is 0.394 e. The van der Waals surface area contributed by atoms with Crippen molar-refractivity contribution >= 4 is 17.1 Å². The Bertz CT molecular complexity index is 710. The second kappa shape index (κ2) is 8.72. The van der Waals surface area contributed by atoms with E-state index in [4.69, 9.17) is 4.74 Å². The summed E-state index contributed by atoms with van der Waals surface area (Å²) < 4.78 is 7.12. The van der Waals surface area contributed by atoms with E-state index in [2.05, 4.69) is 27.2 Å². The average molecular weight is 365 g/mol. The number of rotatable bonds is 9. The highest BCUT2D eigenvalue weighted by atomic mass is 16.6. The normalized spacial score (nSPS) is 25.8. The fraction of sp³-hybridized carbons (Fsp3) is 0.706. The van der Waals surface area contributed by atoms with E-state index in [0.717, 1.165) is 13.0 Å². The van der Waals surface area contributed by atoms with E-state index >= 15 is 0 Å². The lowest BCUT2D eigenvalue weighted by Crippen LogP contribution is -2.33. The number of aliphatic hydroxyl groups is 3. The highest BCUT2D eigenvalue weighted by Crippen LogP contribution is 2.31. The number of hydrogen-bond acceptors (Lipinski definition) is 8. The molecule has 1 saturated heterocycles. The molecule has 9 heteroatoms. The van der Waals surface area contributed by atoms with Crippen LogP contribution in [0.15, 0.2) is 12.5 Å². The number of aromatic nitrogens is 4. The third-order valence-electron chi connectivity index (χ3n) is 4.67. The van der Waals surface area contributed by atoms with Crippen LogP contribution in [0, 0.1) is 0 Å². The van der Waals surface area contributed by atoms with Crippen molar-refractivity contribution in [1.82, 2.24) is 19.5 Å². The quantitative estimate of drug-likeness (QED) is 0.481. The summed E-state index contributed by atoms with van der Waals surface area (Å²) in [6, 6.07) is 0. The van der Waals surface area contributed by atoms with Crippen molar-refractivity contribution in [2.24, 2.45) is 0 Å². The second-order valence-electron chi connectivity index (χ2n) is 6.62. The van der Waals surface area contributed by atoms with E-state index in [9.17, 15) is 15.3 Å². The van der Waals surface area contributed by atoms with Gasteiger partial charge in [0.15, 0.2) is 11.9 Å². The molecular formula is C17H27N5O4. The zero-order valence-electron chi connectivity index (χ0n) is 15.0. The molecule has 1 fully saturated rings. The van der Waals surface area contributed by atoms with Crippen molar-refractivity contribution in [1.29, 1.82) is 0 Å². The van der Waals surface area contributed by atoms with Crippen LogP contribution in [0.25, 0.3) is 11.2 Å². The predicted molar refractivity (Wildman–Crippen MR) is 95.6 cm³/mol. The zero-order valence-corrected chi connectivity index (χ0v) is 15.0. The molecular weight excluding hydrogens is 338 g/mol. The maximum atomic E-state index is 10.2. The van der Waals surface area contributed by atoms with Crippen LogP contribution in [-0.2, 0) is 4.74 Å². The Balaban J connectivity index is 1.68. The minimum atomic E-state index is -1.17. The van der Waals surface area contributed by atoms with Crippen LogP contribution in [0.5, 0.6) is 0 Å². The molecule has 2 aromatic heterocycles.